The lowest BCUT2D eigenvalue weighted by Gasteiger charge is -2.09. The topological polar surface area (TPSA) is 88.5 Å². The van der Waals surface area contributed by atoms with Crippen LogP contribution in [0.2, 0.25) is 0 Å². The first-order chi connectivity index (χ1) is 9.78. The van der Waals surface area contributed by atoms with Gasteiger partial charge in [0.15, 0.2) is 11.8 Å². The minimum Gasteiger partial charge on any atom is -0.469 e. The molecule has 0 spiro atoms. The lowest BCUT2D eigenvalue weighted by molar-refractivity contribution is 0.387. The SMILES string of the molecule is CCNC(=NCc1noc(C)n1)NCCc1ccco1. The van der Waals surface area contributed by atoms with Crippen LogP contribution >= 0.6 is 0 Å². The molecule has 0 atom stereocenters. The largest absolute Gasteiger partial charge is 0.469 e. The van der Waals surface area contributed by atoms with Crippen molar-refractivity contribution in [2.75, 3.05) is 13.1 Å². The molecule has 7 heteroatoms. The van der Waals surface area contributed by atoms with Crippen molar-refractivity contribution in [3.05, 3.63) is 35.9 Å². The van der Waals surface area contributed by atoms with Crippen molar-refractivity contribution < 1.29 is 8.94 Å². The number of hydrogen-bond donors (Lipinski definition) is 2. The summed E-state index contributed by atoms with van der Waals surface area (Å²) in [5.74, 6) is 2.79. The molecular formula is C13H19N5O2. The molecule has 20 heavy (non-hydrogen) atoms. The molecule has 0 fully saturated rings. The van der Waals surface area contributed by atoms with E-state index in [2.05, 4.69) is 25.8 Å². The van der Waals surface area contributed by atoms with Crippen molar-refractivity contribution in [1.29, 1.82) is 0 Å². The lowest BCUT2D eigenvalue weighted by atomic mass is 10.3. The molecule has 108 valence electrons. The maximum atomic E-state index is 5.27. The van der Waals surface area contributed by atoms with Gasteiger partial charge in [0, 0.05) is 26.4 Å². The van der Waals surface area contributed by atoms with E-state index in [1.807, 2.05) is 19.1 Å². The van der Waals surface area contributed by atoms with E-state index in [0.717, 1.165) is 31.2 Å². The van der Waals surface area contributed by atoms with Crippen molar-refractivity contribution in [3.63, 3.8) is 0 Å². The number of nitrogens with one attached hydrogen (secondary N) is 2. The van der Waals surface area contributed by atoms with Crippen LogP contribution < -0.4 is 10.6 Å². The van der Waals surface area contributed by atoms with Gasteiger partial charge in [-0.25, -0.2) is 4.99 Å². The smallest absolute Gasteiger partial charge is 0.223 e. The van der Waals surface area contributed by atoms with E-state index in [0.29, 0.717) is 18.3 Å². The maximum absolute atomic E-state index is 5.27. The van der Waals surface area contributed by atoms with E-state index in [9.17, 15) is 0 Å². The molecule has 0 amide bonds. The molecule has 2 rings (SSSR count). The first-order valence-corrected chi connectivity index (χ1v) is 6.61. The van der Waals surface area contributed by atoms with Crippen LogP contribution in [0.4, 0.5) is 0 Å². The second kappa shape index (κ2) is 7.32. The van der Waals surface area contributed by atoms with Crippen molar-refractivity contribution in [3.8, 4) is 0 Å². The molecule has 2 heterocycles. The Morgan fingerprint density at radius 2 is 2.30 bits per heavy atom. The molecule has 2 aromatic heterocycles. The van der Waals surface area contributed by atoms with E-state index in [-0.39, 0.29) is 0 Å². The average molecular weight is 277 g/mol. The predicted octanol–water partition coefficient (Wildman–Crippen LogP) is 1.27. The molecule has 0 radical (unpaired) electrons. The molecule has 0 bridgehead atoms. The summed E-state index contributed by atoms with van der Waals surface area (Å²) in [7, 11) is 0. The van der Waals surface area contributed by atoms with Gasteiger partial charge >= 0.3 is 0 Å². The van der Waals surface area contributed by atoms with Gasteiger partial charge in [0.2, 0.25) is 5.89 Å². The average Bonchev–Trinajstić information content (AvgIpc) is 3.07. The van der Waals surface area contributed by atoms with Crippen LogP contribution in [0.15, 0.2) is 32.3 Å². The standard InChI is InChI=1S/C13H19N5O2/c1-3-14-13(15-7-6-11-5-4-8-19-11)16-9-12-17-10(2)20-18-12/h4-5,8H,3,6-7,9H2,1-2H3,(H2,14,15,16). The first kappa shape index (κ1) is 14.1. The fourth-order valence-electron chi connectivity index (χ4n) is 1.66. The number of furan rings is 1. The molecule has 0 aromatic carbocycles. The Labute approximate surface area is 117 Å². The van der Waals surface area contributed by atoms with Crippen LogP contribution in [0.1, 0.15) is 24.4 Å². The van der Waals surface area contributed by atoms with Gasteiger partial charge in [0.25, 0.3) is 0 Å². The summed E-state index contributed by atoms with van der Waals surface area (Å²) in [6, 6.07) is 3.83. The molecule has 2 N–H and O–H groups in total. The Kier molecular flexibility index (Phi) is 5.16. The summed E-state index contributed by atoms with van der Waals surface area (Å²) in [5.41, 5.74) is 0. The van der Waals surface area contributed by atoms with Gasteiger partial charge < -0.3 is 19.6 Å². The Morgan fingerprint density at radius 3 is 2.95 bits per heavy atom. The van der Waals surface area contributed by atoms with Crippen molar-refractivity contribution in [2.24, 2.45) is 4.99 Å². The molecular weight excluding hydrogens is 258 g/mol. The lowest BCUT2D eigenvalue weighted by Crippen LogP contribution is -2.38. The second-order valence-electron chi connectivity index (χ2n) is 4.18. The summed E-state index contributed by atoms with van der Waals surface area (Å²) < 4.78 is 10.2. The minimum absolute atomic E-state index is 0.382. The van der Waals surface area contributed by atoms with Crippen LogP contribution in [0.3, 0.4) is 0 Å². The number of nitrogens with zero attached hydrogens (tertiary/aromatic N) is 3. The quantitative estimate of drug-likeness (QED) is 0.610. The van der Waals surface area contributed by atoms with Crippen LogP contribution in [-0.2, 0) is 13.0 Å². The van der Waals surface area contributed by atoms with E-state index < -0.39 is 0 Å². The maximum Gasteiger partial charge on any atom is 0.223 e. The summed E-state index contributed by atoms with van der Waals surface area (Å²) in [5, 5.41) is 10.2. The van der Waals surface area contributed by atoms with Crippen LogP contribution in [-0.4, -0.2) is 29.2 Å². The van der Waals surface area contributed by atoms with Gasteiger partial charge in [-0.2, -0.15) is 4.98 Å². The van der Waals surface area contributed by atoms with E-state index >= 15 is 0 Å². The number of aryl methyl sites for hydroxylation is 1. The Balaban J connectivity index is 1.82. The zero-order valence-corrected chi connectivity index (χ0v) is 11.7. The fourth-order valence-corrected chi connectivity index (χ4v) is 1.66. The minimum atomic E-state index is 0.382. The Morgan fingerprint density at radius 1 is 1.40 bits per heavy atom. The van der Waals surface area contributed by atoms with Gasteiger partial charge in [-0.1, -0.05) is 5.16 Å². The summed E-state index contributed by atoms with van der Waals surface area (Å²) in [4.78, 5) is 8.50. The Bertz CT molecular complexity index is 533. The van der Waals surface area contributed by atoms with E-state index in [1.54, 1.807) is 13.2 Å². The number of guanidine groups is 1. The molecule has 7 nitrogen and oxygen atoms in total. The van der Waals surface area contributed by atoms with Crippen LogP contribution in [0.25, 0.3) is 0 Å². The van der Waals surface area contributed by atoms with Gasteiger partial charge in [-0.05, 0) is 19.1 Å². The highest BCUT2D eigenvalue weighted by Gasteiger charge is 2.03. The van der Waals surface area contributed by atoms with E-state index in [1.165, 1.54) is 0 Å². The van der Waals surface area contributed by atoms with Gasteiger partial charge in [-0.3, -0.25) is 0 Å². The third-order valence-corrected chi connectivity index (χ3v) is 2.54. The molecule has 0 aliphatic carbocycles. The zero-order chi connectivity index (χ0) is 14.2. The van der Waals surface area contributed by atoms with Crippen LogP contribution in [0, 0.1) is 6.92 Å². The van der Waals surface area contributed by atoms with Gasteiger partial charge in [0.1, 0.15) is 12.3 Å². The predicted molar refractivity (Wildman–Crippen MR) is 74.3 cm³/mol. The van der Waals surface area contributed by atoms with Crippen molar-refractivity contribution >= 4 is 5.96 Å². The summed E-state index contributed by atoms with van der Waals surface area (Å²) in [6.07, 6.45) is 2.48. The highest BCUT2D eigenvalue weighted by atomic mass is 16.5. The fraction of sp³-hybridized carbons (Fsp3) is 0.462. The number of hydrogen-bond acceptors (Lipinski definition) is 5. The number of aliphatic imine (C=N–C) groups is 1. The third-order valence-electron chi connectivity index (χ3n) is 2.54. The first-order valence-electron chi connectivity index (χ1n) is 6.61. The normalized spacial score (nSPS) is 11.6. The molecule has 0 aliphatic rings. The van der Waals surface area contributed by atoms with E-state index in [4.69, 9.17) is 8.94 Å². The van der Waals surface area contributed by atoms with Crippen LogP contribution in [0.5, 0.6) is 0 Å². The third kappa shape index (κ3) is 4.42. The number of rotatable bonds is 6. The molecule has 0 saturated heterocycles. The van der Waals surface area contributed by atoms with Crippen molar-refractivity contribution in [1.82, 2.24) is 20.8 Å². The summed E-state index contributed by atoms with van der Waals surface area (Å²) >= 11 is 0. The number of aromatic nitrogens is 2. The molecule has 0 aliphatic heterocycles. The van der Waals surface area contributed by atoms with Gasteiger partial charge in [0.05, 0.1) is 6.26 Å². The monoisotopic (exact) mass is 277 g/mol. The molecule has 0 saturated carbocycles. The molecule has 2 aromatic rings. The summed E-state index contributed by atoms with van der Waals surface area (Å²) in [6.45, 7) is 5.69. The van der Waals surface area contributed by atoms with Gasteiger partial charge in [-0.15, -0.1) is 0 Å². The van der Waals surface area contributed by atoms with Crippen molar-refractivity contribution in [2.45, 2.75) is 26.8 Å². The Hall–Kier alpha value is -2.31. The second-order valence-corrected chi connectivity index (χ2v) is 4.18. The molecule has 0 unspecified atom stereocenters. The zero-order valence-electron chi connectivity index (χ0n) is 11.7. The highest BCUT2D eigenvalue weighted by molar-refractivity contribution is 5.79. The highest BCUT2D eigenvalue weighted by Crippen LogP contribution is 1.99.